The molecule has 0 radical (unpaired) electrons. The van der Waals surface area contributed by atoms with Crippen LogP contribution in [0.1, 0.15) is 49.3 Å². The molecule has 1 nitrogen and oxygen atoms in total. The Hall–Kier alpha value is -1.89. The number of unbranched alkanes of at least 4 members (excludes halogenated alkanes) is 3. The first-order chi connectivity index (χ1) is 10.8. The van der Waals surface area contributed by atoms with Gasteiger partial charge in [-0.05, 0) is 29.5 Å². The predicted molar refractivity (Wildman–Crippen MR) is 93.1 cm³/mol. The van der Waals surface area contributed by atoms with Crippen LogP contribution < -0.4 is 0 Å². The Morgan fingerprint density at radius 2 is 1.32 bits per heavy atom. The Labute approximate surface area is 134 Å². The monoisotopic (exact) mass is 294 g/mol. The molecule has 0 atom stereocenters. The van der Waals surface area contributed by atoms with Crippen LogP contribution in [0.25, 0.3) is 0 Å². The SMILES string of the molecule is CCCCCCc1ccc(CC(=O)Cc2ccccc2)cc1. The molecule has 0 heterocycles. The first-order valence-electron chi connectivity index (χ1n) is 8.41. The highest BCUT2D eigenvalue weighted by Crippen LogP contribution is 2.11. The zero-order valence-electron chi connectivity index (χ0n) is 13.6. The van der Waals surface area contributed by atoms with Gasteiger partial charge in [0.25, 0.3) is 0 Å². The first kappa shape index (κ1) is 16.5. The third-order valence-corrected chi connectivity index (χ3v) is 3.99. The van der Waals surface area contributed by atoms with Gasteiger partial charge in [-0.25, -0.2) is 0 Å². The van der Waals surface area contributed by atoms with Crippen molar-refractivity contribution >= 4 is 5.78 Å². The zero-order chi connectivity index (χ0) is 15.6. The molecule has 1 heteroatoms. The molecule has 2 rings (SSSR count). The summed E-state index contributed by atoms with van der Waals surface area (Å²) in [4.78, 5) is 12.1. The number of aryl methyl sites for hydroxylation is 1. The van der Waals surface area contributed by atoms with Gasteiger partial charge in [0, 0.05) is 12.8 Å². The van der Waals surface area contributed by atoms with Crippen LogP contribution >= 0.6 is 0 Å². The summed E-state index contributed by atoms with van der Waals surface area (Å²) in [7, 11) is 0. The number of benzene rings is 2. The van der Waals surface area contributed by atoms with Crippen LogP contribution in [0.2, 0.25) is 0 Å². The van der Waals surface area contributed by atoms with Gasteiger partial charge in [0.05, 0.1) is 0 Å². The van der Waals surface area contributed by atoms with E-state index < -0.39 is 0 Å². The Kier molecular flexibility index (Phi) is 6.89. The number of ketones is 1. The van der Waals surface area contributed by atoms with Gasteiger partial charge in [0.15, 0.2) is 0 Å². The molecule has 0 aliphatic carbocycles. The maximum Gasteiger partial charge on any atom is 0.141 e. The van der Waals surface area contributed by atoms with E-state index in [4.69, 9.17) is 0 Å². The van der Waals surface area contributed by atoms with Gasteiger partial charge in [-0.3, -0.25) is 4.79 Å². The number of carbonyl (C=O) groups excluding carboxylic acids is 1. The van der Waals surface area contributed by atoms with Crippen molar-refractivity contribution in [2.24, 2.45) is 0 Å². The second-order valence-electron chi connectivity index (χ2n) is 6.00. The number of carbonyl (C=O) groups is 1. The average Bonchev–Trinajstić information content (AvgIpc) is 2.54. The summed E-state index contributed by atoms with van der Waals surface area (Å²) in [6.45, 7) is 2.24. The van der Waals surface area contributed by atoms with Crippen LogP contribution in [0, 0.1) is 0 Å². The minimum absolute atomic E-state index is 0.280. The lowest BCUT2D eigenvalue weighted by atomic mass is 10.0. The standard InChI is InChI=1S/C21H26O/c1-2-3-4-6-9-18-12-14-20(15-13-18)17-21(22)16-19-10-7-5-8-11-19/h5,7-8,10-15H,2-4,6,9,16-17H2,1H3. The molecular formula is C21H26O. The minimum atomic E-state index is 0.280. The van der Waals surface area contributed by atoms with Crippen molar-refractivity contribution in [3.8, 4) is 0 Å². The smallest absolute Gasteiger partial charge is 0.141 e. The molecule has 0 fully saturated rings. The summed E-state index contributed by atoms with van der Waals surface area (Å²) in [5.41, 5.74) is 3.61. The highest BCUT2D eigenvalue weighted by Gasteiger charge is 2.05. The van der Waals surface area contributed by atoms with E-state index in [0.29, 0.717) is 12.8 Å². The molecule has 0 spiro atoms. The summed E-state index contributed by atoms with van der Waals surface area (Å²) in [6, 6.07) is 18.5. The van der Waals surface area contributed by atoms with Gasteiger partial charge < -0.3 is 0 Å². The minimum Gasteiger partial charge on any atom is -0.299 e. The topological polar surface area (TPSA) is 17.1 Å². The van der Waals surface area contributed by atoms with E-state index in [1.807, 2.05) is 30.3 Å². The quantitative estimate of drug-likeness (QED) is 0.583. The van der Waals surface area contributed by atoms with E-state index in [-0.39, 0.29) is 5.78 Å². The van der Waals surface area contributed by atoms with E-state index in [0.717, 1.165) is 17.5 Å². The van der Waals surface area contributed by atoms with Gasteiger partial charge >= 0.3 is 0 Å². The van der Waals surface area contributed by atoms with Crippen molar-refractivity contribution in [2.75, 3.05) is 0 Å². The molecule has 22 heavy (non-hydrogen) atoms. The van der Waals surface area contributed by atoms with E-state index >= 15 is 0 Å². The van der Waals surface area contributed by atoms with Crippen LogP contribution in [0.15, 0.2) is 54.6 Å². The highest BCUT2D eigenvalue weighted by molar-refractivity contribution is 5.83. The number of Topliss-reactive ketones (excluding diaryl/α,β-unsaturated/α-hetero) is 1. The van der Waals surface area contributed by atoms with Gasteiger partial charge in [-0.15, -0.1) is 0 Å². The largest absolute Gasteiger partial charge is 0.299 e. The fourth-order valence-corrected chi connectivity index (χ4v) is 2.69. The summed E-state index contributed by atoms with van der Waals surface area (Å²) in [5.74, 6) is 0.280. The van der Waals surface area contributed by atoms with Gasteiger partial charge in [0.2, 0.25) is 0 Å². The molecule has 2 aromatic rings. The number of hydrogen-bond donors (Lipinski definition) is 0. The van der Waals surface area contributed by atoms with Crippen LogP contribution in [0.3, 0.4) is 0 Å². The second kappa shape index (κ2) is 9.19. The molecule has 0 N–H and O–H groups in total. The molecular weight excluding hydrogens is 268 g/mol. The predicted octanol–water partition coefficient (Wildman–Crippen LogP) is 5.16. The van der Waals surface area contributed by atoms with E-state index in [1.54, 1.807) is 0 Å². The van der Waals surface area contributed by atoms with Crippen molar-refractivity contribution in [2.45, 2.75) is 51.9 Å². The summed E-state index contributed by atoms with van der Waals surface area (Å²) in [5, 5.41) is 0. The zero-order valence-corrected chi connectivity index (χ0v) is 13.6. The van der Waals surface area contributed by atoms with Gasteiger partial charge in [-0.2, -0.15) is 0 Å². The molecule has 0 aliphatic heterocycles. The maximum atomic E-state index is 12.1. The van der Waals surface area contributed by atoms with Gasteiger partial charge in [-0.1, -0.05) is 80.8 Å². The van der Waals surface area contributed by atoms with Crippen LogP contribution in [0.4, 0.5) is 0 Å². The summed E-state index contributed by atoms with van der Waals surface area (Å²) in [6.07, 6.45) is 7.39. The van der Waals surface area contributed by atoms with Crippen LogP contribution in [0.5, 0.6) is 0 Å². The highest BCUT2D eigenvalue weighted by atomic mass is 16.1. The Balaban J connectivity index is 1.79. The number of hydrogen-bond acceptors (Lipinski definition) is 1. The molecule has 0 aromatic heterocycles. The second-order valence-corrected chi connectivity index (χ2v) is 6.00. The van der Waals surface area contributed by atoms with E-state index in [2.05, 4.69) is 31.2 Å². The molecule has 0 amide bonds. The average molecular weight is 294 g/mol. The lowest BCUT2D eigenvalue weighted by Gasteiger charge is -2.05. The van der Waals surface area contributed by atoms with Crippen molar-refractivity contribution in [3.63, 3.8) is 0 Å². The number of rotatable bonds is 9. The van der Waals surface area contributed by atoms with Crippen LogP contribution in [-0.2, 0) is 24.1 Å². The molecule has 2 aromatic carbocycles. The maximum absolute atomic E-state index is 12.1. The first-order valence-corrected chi connectivity index (χ1v) is 8.41. The summed E-state index contributed by atoms with van der Waals surface area (Å²) >= 11 is 0. The van der Waals surface area contributed by atoms with Crippen molar-refractivity contribution < 1.29 is 4.79 Å². The molecule has 0 aliphatic rings. The Morgan fingerprint density at radius 3 is 1.95 bits per heavy atom. The Morgan fingerprint density at radius 1 is 0.727 bits per heavy atom. The lowest BCUT2D eigenvalue weighted by molar-refractivity contribution is -0.117. The third-order valence-electron chi connectivity index (χ3n) is 3.99. The van der Waals surface area contributed by atoms with Crippen LogP contribution in [-0.4, -0.2) is 5.78 Å². The van der Waals surface area contributed by atoms with Gasteiger partial charge in [0.1, 0.15) is 5.78 Å². The molecule has 0 saturated carbocycles. The fourth-order valence-electron chi connectivity index (χ4n) is 2.69. The molecule has 0 saturated heterocycles. The molecule has 0 unspecified atom stereocenters. The molecule has 116 valence electrons. The fraction of sp³-hybridized carbons (Fsp3) is 0.381. The normalized spacial score (nSPS) is 10.6. The molecule has 0 bridgehead atoms. The van der Waals surface area contributed by atoms with Crippen molar-refractivity contribution in [1.29, 1.82) is 0 Å². The lowest BCUT2D eigenvalue weighted by Crippen LogP contribution is -2.06. The summed E-state index contributed by atoms with van der Waals surface area (Å²) < 4.78 is 0. The van der Waals surface area contributed by atoms with E-state index in [9.17, 15) is 4.79 Å². The third kappa shape index (κ3) is 5.85. The van der Waals surface area contributed by atoms with Crippen molar-refractivity contribution in [3.05, 3.63) is 71.3 Å². The van der Waals surface area contributed by atoms with E-state index in [1.165, 1.54) is 31.2 Å². The Bertz CT molecular complexity index is 554. The van der Waals surface area contributed by atoms with Crippen molar-refractivity contribution in [1.82, 2.24) is 0 Å².